The standard InChI is InChI=1S/C16H26N2O/c1-17-16-5-3-2-4-14-11-18(12-15(14)16)10-13-6-8-19-9-7-13/h11-13,16-17H,2-10H2,1H3. The maximum Gasteiger partial charge on any atom is 0.0469 e. The monoisotopic (exact) mass is 262 g/mol. The Morgan fingerprint density at radius 1 is 1.21 bits per heavy atom. The van der Waals surface area contributed by atoms with Gasteiger partial charge in [0, 0.05) is 38.2 Å². The van der Waals surface area contributed by atoms with Crippen molar-refractivity contribution in [1.29, 1.82) is 0 Å². The Kier molecular flexibility index (Phi) is 4.24. The number of ether oxygens (including phenoxy) is 1. The predicted molar refractivity (Wildman–Crippen MR) is 77.3 cm³/mol. The molecule has 0 radical (unpaired) electrons. The lowest BCUT2D eigenvalue weighted by Gasteiger charge is -2.22. The van der Waals surface area contributed by atoms with E-state index in [1.807, 2.05) is 0 Å². The summed E-state index contributed by atoms with van der Waals surface area (Å²) in [4.78, 5) is 0. The third kappa shape index (κ3) is 3.03. The van der Waals surface area contributed by atoms with Crippen molar-refractivity contribution in [2.24, 2.45) is 5.92 Å². The first-order valence-electron chi connectivity index (χ1n) is 7.80. The zero-order valence-corrected chi connectivity index (χ0v) is 12.0. The van der Waals surface area contributed by atoms with Gasteiger partial charge in [-0.1, -0.05) is 6.42 Å². The van der Waals surface area contributed by atoms with Gasteiger partial charge in [0.15, 0.2) is 0 Å². The van der Waals surface area contributed by atoms with Crippen LogP contribution >= 0.6 is 0 Å². The van der Waals surface area contributed by atoms with E-state index in [1.165, 1.54) is 45.1 Å². The van der Waals surface area contributed by atoms with Crippen molar-refractivity contribution in [1.82, 2.24) is 9.88 Å². The van der Waals surface area contributed by atoms with Crippen molar-refractivity contribution in [2.45, 2.75) is 51.1 Å². The number of aryl methyl sites for hydroxylation is 1. The second kappa shape index (κ2) is 6.10. The quantitative estimate of drug-likeness (QED) is 0.848. The first kappa shape index (κ1) is 13.2. The van der Waals surface area contributed by atoms with Gasteiger partial charge in [-0.3, -0.25) is 0 Å². The van der Waals surface area contributed by atoms with E-state index in [0.717, 1.165) is 19.1 Å². The molecule has 19 heavy (non-hydrogen) atoms. The molecule has 3 nitrogen and oxygen atoms in total. The number of fused-ring (bicyclic) bond motifs is 1. The maximum absolute atomic E-state index is 5.45. The highest BCUT2D eigenvalue weighted by Gasteiger charge is 2.20. The molecule has 1 aromatic heterocycles. The first-order valence-corrected chi connectivity index (χ1v) is 7.80. The van der Waals surface area contributed by atoms with E-state index in [1.54, 1.807) is 11.1 Å². The third-order valence-electron chi connectivity index (χ3n) is 4.72. The second-order valence-corrected chi connectivity index (χ2v) is 6.08. The summed E-state index contributed by atoms with van der Waals surface area (Å²) < 4.78 is 7.89. The van der Waals surface area contributed by atoms with Crippen molar-refractivity contribution >= 4 is 0 Å². The zero-order valence-electron chi connectivity index (χ0n) is 12.0. The van der Waals surface area contributed by atoms with Crippen LogP contribution in [-0.4, -0.2) is 24.8 Å². The highest BCUT2D eigenvalue weighted by molar-refractivity contribution is 5.29. The molecular formula is C16H26N2O. The van der Waals surface area contributed by atoms with E-state index in [0.29, 0.717) is 6.04 Å². The minimum Gasteiger partial charge on any atom is -0.381 e. The fourth-order valence-electron chi connectivity index (χ4n) is 3.55. The highest BCUT2D eigenvalue weighted by Crippen LogP contribution is 2.30. The molecule has 1 N–H and O–H groups in total. The van der Waals surface area contributed by atoms with Gasteiger partial charge in [0.05, 0.1) is 0 Å². The van der Waals surface area contributed by atoms with Crippen LogP contribution in [0.25, 0.3) is 0 Å². The number of hydrogen-bond acceptors (Lipinski definition) is 2. The van der Waals surface area contributed by atoms with Crippen LogP contribution in [0.3, 0.4) is 0 Å². The average molecular weight is 262 g/mol. The first-order chi connectivity index (χ1) is 9.36. The topological polar surface area (TPSA) is 26.2 Å². The normalized spacial score (nSPS) is 25.0. The summed E-state index contributed by atoms with van der Waals surface area (Å²) >= 11 is 0. The number of aromatic nitrogens is 1. The summed E-state index contributed by atoms with van der Waals surface area (Å²) in [5.74, 6) is 0.804. The lowest BCUT2D eigenvalue weighted by Crippen LogP contribution is -2.20. The zero-order chi connectivity index (χ0) is 13.1. The van der Waals surface area contributed by atoms with Crippen molar-refractivity contribution in [3.05, 3.63) is 23.5 Å². The van der Waals surface area contributed by atoms with Crippen LogP contribution in [0, 0.1) is 5.92 Å². The molecule has 106 valence electrons. The molecular weight excluding hydrogens is 236 g/mol. The molecule has 2 aliphatic rings. The van der Waals surface area contributed by atoms with Crippen molar-refractivity contribution in [2.75, 3.05) is 20.3 Å². The van der Waals surface area contributed by atoms with Crippen molar-refractivity contribution in [3.8, 4) is 0 Å². The summed E-state index contributed by atoms with van der Waals surface area (Å²) in [7, 11) is 2.09. The van der Waals surface area contributed by atoms with Gasteiger partial charge < -0.3 is 14.6 Å². The van der Waals surface area contributed by atoms with Gasteiger partial charge in [-0.05, 0) is 56.2 Å². The van der Waals surface area contributed by atoms with Gasteiger partial charge in [-0.2, -0.15) is 0 Å². The van der Waals surface area contributed by atoms with Gasteiger partial charge in [0.2, 0.25) is 0 Å². The van der Waals surface area contributed by atoms with Crippen LogP contribution in [0.1, 0.15) is 49.3 Å². The average Bonchev–Trinajstić information content (AvgIpc) is 2.73. The molecule has 2 heterocycles. The smallest absolute Gasteiger partial charge is 0.0469 e. The number of hydrogen-bond donors (Lipinski definition) is 1. The Morgan fingerprint density at radius 2 is 2.05 bits per heavy atom. The molecule has 1 saturated heterocycles. The lowest BCUT2D eigenvalue weighted by molar-refractivity contribution is 0.0613. The van der Waals surface area contributed by atoms with Gasteiger partial charge in [0.25, 0.3) is 0 Å². The third-order valence-corrected chi connectivity index (χ3v) is 4.72. The molecule has 0 aromatic carbocycles. The highest BCUT2D eigenvalue weighted by atomic mass is 16.5. The minimum atomic E-state index is 0.563. The second-order valence-electron chi connectivity index (χ2n) is 6.08. The fraction of sp³-hybridized carbons (Fsp3) is 0.750. The molecule has 1 atom stereocenters. The largest absolute Gasteiger partial charge is 0.381 e. The van der Waals surface area contributed by atoms with E-state index in [-0.39, 0.29) is 0 Å². The Morgan fingerprint density at radius 3 is 2.84 bits per heavy atom. The Bertz CT molecular complexity index is 407. The maximum atomic E-state index is 5.45. The molecule has 0 bridgehead atoms. The van der Waals surface area contributed by atoms with E-state index in [9.17, 15) is 0 Å². The minimum absolute atomic E-state index is 0.563. The number of nitrogens with one attached hydrogen (secondary N) is 1. The Hall–Kier alpha value is -0.800. The van der Waals surface area contributed by atoms with Gasteiger partial charge in [-0.25, -0.2) is 0 Å². The molecule has 1 fully saturated rings. The molecule has 3 heteroatoms. The predicted octanol–water partition coefficient (Wildman–Crippen LogP) is 2.90. The molecule has 0 spiro atoms. The molecule has 0 saturated carbocycles. The van der Waals surface area contributed by atoms with Crippen LogP contribution < -0.4 is 5.32 Å². The molecule has 0 amide bonds. The molecule has 3 rings (SSSR count). The van der Waals surface area contributed by atoms with E-state index < -0.39 is 0 Å². The number of nitrogens with zero attached hydrogens (tertiary/aromatic N) is 1. The van der Waals surface area contributed by atoms with Crippen LogP contribution in [0.4, 0.5) is 0 Å². The summed E-state index contributed by atoms with van der Waals surface area (Å²) in [5, 5.41) is 3.48. The summed E-state index contributed by atoms with van der Waals surface area (Å²) in [6.45, 7) is 3.07. The van der Waals surface area contributed by atoms with E-state index in [4.69, 9.17) is 4.74 Å². The van der Waals surface area contributed by atoms with Gasteiger partial charge in [0.1, 0.15) is 0 Å². The van der Waals surface area contributed by atoms with E-state index >= 15 is 0 Å². The lowest BCUT2D eigenvalue weighted by atomic mass is 10.0. The van der Waals surface area contributed by atoms with Crippen molar-refractivity contribution < 1.29 is 4.74 Å². The summed E-state index contributed by atoms with van der Waals surface area (Å²) in [5.41, 5.74) is 3.12. The Labute approximate surface area is 116 Å². The van der Waals surface area contributed by atoms with Crippen LogP contribution in [-0.2, 0) is 17.7 Å². The summed E-state index contributed by atoms with van der Waals surface area (Å²) in [6, 6.07) is 0.563. The SMILES string of the molecule is CNC1CCCCc2cn(CC3CCOCC3)cc21. The van der Waals surface area contributed by atoms with Crippen molar-refractivity contribution in [3.63, 3.8) is 0 Å². The van der Waals surface area contributed by atoms with E-state index in [2.05, 4.69) is 29.3 Å². The number of rotatable bonds is 3. The molecule has 1 aliphatic heterocycles. The van der Waals surface area contributed by atoms with Crippen LogP contribution in [0.2, 0.25) is 0 Å². The fourth-order valence-corrected chi connectivity index (χ4v) is 3.55. The van der Waals surface area contributed by atoms with Crippen LogP contribution in [0.15, 0.2) is 12.4 Å². The molecule has 1 aromatic rings. The molecule has 1 unspecified atom stereocenters. The van der Waals surface area contributed by atoms with Gasteiger partial charge >= 0.3 is 0 Å². The summed E-state index contributed by atoms with van der Waals surface area (Å²) in [6.07, 6.45) is 12.5. The Balaban J connectivity index is 1.73. The van der Waals surface area contributed by atoms with Gasteiger partial charge in [-0.15, -0.1) is 0 Å². The molecule has 1 aliphatic carbocycles. The van der Waals surface area contributed by atoms with Crippen LogP contribution in [0.5, 0.6) is 0 Å².